The minimum Gasteiger partial charge on any atom is -0.662 e. The van der Waals surface area contributed by atoms with Crippen LogP contribution in [0.1, 0.15) is 50.7 Å². The zero-order chi connectivity index (χ0) is 15.3. The van der Waals surface area contributed by atoms with Gasteiger partial charge in [-0.1, -0.05) is 51.0 Å². The molecule has 0 bridgehead atoms. The van der Waals surface area contributed by atoms with E-state index in [1.54, 1.807) is 0 Å². The van der Waals surface area contributed by atoms with Crippen molar-refractivity contribution in [3.63, 3.8) is 0 Å². The summed E-state index contributed by atoms with van der Waals surface area (Å²) in [5, 5.41) is 0. The number of rotatable bonds is 6. The van der Waals surface area contributed by atoms with Gasteiger partial charge in [0.2, 0.25) is 0 Å². The SMILES string of the molecule is CCCc1ccc2c(c1)O[CH-]CC2.[CH2-]OCC=CCCC.[CH3-].[CH3-].[U+2].[U+2]. The van der Waals surface area contributed by atoms with Gasteiger partial charge < -0.3 is 24.3 Å². The van der Waals surface area contributed by atoms with Gasteiger partial charge in [-0.15, -0.1) is 6.42 Å². The Bertz CT molecular complexity index is 412. The van der Waals surface area contributed by atoms with Crippen LogP contribution in [-0.4, -0.2) is 6.61 Å². The minimum atomic E-state index is 0. The molecule has 1 aliphatic heterocycles. The maximum atomic E-state index is 5.49. The van der Waals surface area contributed by atoms with Crippen molar-refractivity contribution in [2.75, 3.05) is 6.61 Å². The van der Waals surface area contributed by atoms with Gasteiger partial charge in [0.05, 0.1) is 5.75 Å². The molecule has 1 aliphatic rings. The Hall–Kier alpha value is 0.824. The second-order valence-corrected chi connectivity index (χ2v) is 5.15. The molecule has 0 atom stereocenters. The van der Waals surface area contributed by atoms with E-state index < -0.39 is 0 Å². The molecule has 4 heteroatoms. The number of hydrogen-bond donors (Lipinski definition) is 0. The molecule has 2 nitrogen and oxygen atoms in total. The van der Waals surface area contributed by atoms with E-state index in [9.17, 15) is 0 Å². The summed E-state index contributed by atoms with van der Waals surface area (Å²) in [5.74, 6) is 1.07. The van der Waals surface area contributed by atoms with E-state index in [0.29, 0.717) is 6.61 Å². The molecule has 0 saturated carbocycles. The van der Waals surface area contributed by atoms with E-state index in [4.69, 9.17) is 4.74 Å². The van der Waals surface area contributed by atoms with Crippen LogP contribution in [0.15, 0.2) is 30.4 Å². The number of hydrogen-bond acceptors (Lipinski definition) is 2. The van der Waals surface area contributed by atoms with Crippen molar-refractivity contribution in [3.8, 4) is 5.75 Å². The molecule has 0 N–H and O–H groups in total. The predicted molar refractivity (Wildman–Crippen MR) is 102 cm³/mol. The first-order chi connectivity index (χ1) is 10.3. The summed E-state index contributed by atoms with van der Waals surface area (Å²) in [5.41, 5.74) is 2.74. The van der Waals surface area contributed by atoms with Gasteiger partial charge in [0.1, 0.15) is 0 Å². The van der Waals surface area contributed by atoms with Gasteiger partial charge in [-0.2, -0.15) is 6.61 Å². The minimum absolute atomic E-state index is 0. The quantitative estimate of drug-likeness (QED) is 0.254. The maximum absolute atomic E-state index is 5.49. The van der Waals surface area contributed by atoms with Crippen molar-refractivity contribution >= 4 is 0 Å². The van der Waals surface area contributed by atoms with Crippen molar-refractivity contribution in [3.05, 3.63) is 70.0 Å². The summed E-state index contributed by atoms with van der Waals surface area (Å²) in [7, 11) is 3.23. The summed E-state index contributed by atoms with van der Waals surface area (Å²) in [6, 6.07) is 6.60. The fourth-order valence-corrected chi connectivity index (χ4v) is 2.14. The average molecular weight is 795 g/mol. The molecular formula is C21H34O2U2. The third kappa shape index (κ3) is 15.6. The van der Waals surface area contributed by atoms with E-state index in [0.717, 1.165) is 31.4 Å². The summed E-state index contributed by atoms with van der Waals surface area (Å²) >= 11 is 0. The molecular weight excluding hydrogens is 760 g/mol. The van der Waals surface area contributed by atoms with Crippen LogP contribution in [0.25, 0.3) is 0 Å². The van der Waals surface area contributed by atoms with Gasteiger partial charge in [-0.25, -0.2) is 7.11 Å². The average Bonchev–Trinajstić information content (AvgIpc) is 2.53. The van der Waals surface area contributed by atoms with Gasteiger partial charge >= 0.3 is 62.2 Å². The Morgan fingerprint density at radius 2 is 1.88 bits per heavy atom. The van der Waals surface area contributed by atoms with Crippen molar-refractivity contribution in [1.82, 2.24) is 0 Å². The van der Waals surface area contributed by atoms with Crippen LogP contribution >= 0.6 is 0 Å². The van der Waals surface area contributed by atoms with Gasteiger partial charge in [0, 0.05) is 6.61 Å². The van der Waals surface area contributed by atoms with Crippen LogP contribution in [-0.2, 0) is 17.6 Å². The molecule has 2 rings (SSSR count). The molecule has 0 saturated heterocycles. The number of aryl methyl sites for hydroxylation is 2. The third-order valence-electron chi connectivity index (χ3n) is 3.25. The molecule has 0 radical (unpaired) electrons. The van der Waals surface area contributed by atoms with E-state index in [2.05, 4.69) is 50.0 Å². The molecule has 1 aromatic rings. The Labute approximate surface area is 204 Å². The molecule has 1 heterocycles. The standard InChI is InChI=1S/C12H15O.C7H13O.2CH3.2U/c1-2-4-10-6-7-11-5-3-8-13-12(11)9-10;1-3-4-5-6-7-8-2;;;;/h6-9H,2-5H2,1H3;5-6H,2-4,7H2,1H3;2*1H3;;/q4*-1;2*+2. The zero-order valence-corrected chi connectivity index (χ0v) is 24.8. The molecule has 0 spiro atoms. The summed E-state index contributed by atoms with van der Waals surface area (Å²) < 4.78 is 10.0. The number of unbranched alkanes of at least 4 members (excludes halogenated alkanes) is 1. The Kier molecular flexibility index (Phi) is 30.6. The number of benzene rings is 1. The molecule has 1 aromatic carbocycles. The number of fused-ring (bicyclic) bond motifs is 1. The van der Waals surface area contributed by atoms with Crippen LogP contribution in [0.4, 0.5) is 0 Å². The normalized spacial score (nSPS) is 11.2. The molecule has 0 amide bonds. The zero-order valence-electron chi connectivity index (χ0n) is 16.4. The van der Waals surface area contributed by atoms with Crippen LogP contribution in [0.2, 0.25) is 0 Å². The Balaban J connectivity index is -0.000000166. The molecule has 0 aromatic heterocycles. The van der Waals surface area contributed by atoms with Gasteiger partial charge in [0.25, 0.3) is 0 Å². The number of ether oxygens (including phenoxy) is 2. The van der Waals surface area contributed by atoms with Crippen molar-refractivity contribution in [2.24, 2.45) is 0 Å². The monoisotopic (exact) mass is 794 g/mol. The second kappa shape index (κ2) is 22.9. The first-order valence-corrected chi connectivity index (χ1v) is 7.93. The first kappa shape index (κ1) is 33.4. The van der Waals surface area contributed by atoms with Crippen LogP contribution < -0.4 is 4.74 Å². The first-order valence-electron chi connectivity index (χ1n) is 7.93. The molecule has 0 unspecified atom stereocenters. The van der Waals surface area contributed by atoms with E-state index in [1.165, 1.54) is 24.0 Å². The smallest absolute Gasteiger partial charge is 0.662 e. The largest absolute Gasteiger partial charge is 2.00 e. The van der Waals surface area contributed by atoms with Crippen molar-refractivity contribution in [1.29, 1.82) is 0 Å². The molecule has 25 heavy (non-hydrogen) atoms. The van der Waals surface area contributed by atoms with Gasteiger partial charge in [0.15, 0.2) is 0 Å². The van der Waals surface area contributed by atoms with Crippen LogP contribution in [0.5, 0.6) is 5.75 Å². The van der Waals surface area contributed by atoms with Crippen LogP contribution in [0, 0.1) is 90.8 Å². The molecule has 0 aliphatic carbocycles. The second-order valence-electron chi connectivity index (χ2n) is 5.15. The number of allylic oxidation sites excluding steroid dienone is 1. The van der Waals surface area contributed by atoms with Crippen LogP contribution in [0.3, 0.4) is 0 Å². The van der Waals surface area contributed by atoms with Crippen molar-refractivity contribution < 1.29 is 71.7 Å². The predicted octanol–water partition coefficient (Wildman–Crippen LogP) is 6.18. The Morgan fingerprint density at radius 1 is 1.16 bits per heavy atom. The fraction of sp³-hybridized carbons (Fsp3) is 0.429. The maximum Gasteiger partial charge on any atom is 2.00 e. The van der Waals surface area contributed by atoms with Gasteiger partial charge in [-0.05, 0) is 36.5 Å². The van der Waals surface area contributed by atoms with E-state index in [1.807, 2.05) is 12.7 Å². The van der Waals surface area contributed by atoms with Gasteiger partial charge in [-0.3, -0.25) is 0 Å². The Morgan fingerprint density at radius 3 is 2.48 bits per heavy atom. The van der Waals surface area contributed by atoms with Crippen molar-refractivity contribution in [2.45, 2.75) is 52.4 Å². The third-order valence-corrected chi connectivity index (χ3v) is 3.25. The summed E-state index contributed by atoms with van der Waals surface area (Å²) in [6.07, 6.45) is 10.9. The summed E-state index contributed by atoms with van der Waals surface area (Å²) in [4.78, 5) is 0. The molecule has 0 fully saturated rings. The fourth-order valence-electron chi connectivity index (χ4n) is 2.14. The summed E-state index contributed by atoms with van der Waals surface area (Å²) in [6.45, 7) is 6.89. The topological polar surface area (TPSA) is 18.5 Å². The van der Waals surface area contributed by atoms with E-state index in [-0.39, 0.29) is 77.1 Å². The van der Waals surface area contributed by atoms with E-state index >= 15 is 0 Å². The molecule has 138 valence electrons.